The molecular formula is C15H17N5S2. The molecule has 3 aromatic heterocycles. The average molecular weight is 331 g/mol. The number of aryl methyl sites for hydroxylation is 1. The first kappa shape index (κ1) is 14.0. The number of hydrogen-bond acceptors (Lipinski definition) is 7. The molecule has 22 heavy (non-hydrogen) atoms. The first-order valence-electron chi connectivity index (χ1n) is 7.60. The highest BCUT2D eigenvalue weighted by atomic mass is 32.1. The van der Waals surface area contributed by atoms with Crippen LogP contribution < -0.4 is 4.90 Å². The number of piperidine rings is 1. The molecule has 0 radical (unpaired) electrons. The third-order valence-electron chi connectivity index (χ3n) is 4.15. The lowest BCUT2D eigenvalue weighted by Gasteiger charge is -2.31. The molecule has 1 aliphatic rings. The highest BCUT2D eigenvalue weighted by Crippen LogP contribution is 2.34. The number of rotatable bonds is 3. The zero-order chi connectivity index (χ0) is 14.9. The molecule has 0 bridgehead atoms. The summed E-state index contributed by atoms with van der Waals surface area (Å²) >= 11 is 3.50. The Morgan fingerprint density at radius 2 is 2.09 bits per heavy atom. The monoisotopic (exact) mass is 331 g/mol. The van der Waals surface area contributed by atoms with E-state index in [4.69, 9.17) is 0 Å². The van der Waals surface area contributed by atoms with Crippen molar-refractivity contribution in [1.82, 2.24) is 20.2 Å². The van der Waals surface area contributed by atoms with Gasteiger partial charge in [-0.2, -0.15) is 0 Å². The zero-order valence-electron chi connectivity index (χ0n) is 12.4. The molecule has 0 unspecified atom stereocenters. The smallest absolute Gasteiger partial charge is 0.150 e. The van der Waals surface area contributed by atoms with E-state index in [1.807, 2.05) is 0 Å². The van der Waals surface area contributed by atoms with Crippen molar-refractivity contribution in [2.24, 2.45) is 0 Å². The van der Waals surface area contributed by atoms with Crippen molar-refractivity contribution in [3.8, 4) is 0 Å². The van der Waals surface area contributed by atoms with E-state index in [9.17, 15) is 0 Å². The Kier molecular flexibility index (Phi) is 3.75. The van der Waals surface area contributed by atoms with Gasteiger partial charge < -0.3 is 4.90 Å². The fourth-order valence-corrected chi connectivity index (χ4v) is 4.73. The quantitative estimate of drug-likeness (QED) is 0.735. The molecule has 0 aromatic carbocycles. The van der Waals surface area contributed by atoms with Gasteiger partial charge in [0.25, 0.3) is 0 Å². The molecule has 1 saturated heterocycles. The lowest BCUT2D eigenvalue weighted by molar-refractivity contribution is 0.499. The maximum absolute atomic E-state index is 4.52. The molecule has 3 aromatic rings. The summed E-state index contributed by atoms with van der Waals surface area (Å²) in [4.78, 5) is 11.2. The van der Waals surface area contributed by atoms with Gasteiger partial charge in [0.2, 0.25) is 0 Å². The first-order chi connectivity index (χ1) is 10.8. The predicted molar refractivity (Wildman–Crippen MR) is 90.9 cm³/mol. The summed E-state index contributed by atoms with van der Waals surface area (Å²) in [6.45, 7) is 4.18. The van der Waals surface area contributed by atoms with E-state index in [0.717, 1.165) is 48.7 Å². The molecule has 0 atom stereocenters. The zero-order valence-corrected chi connectivity index (χ0v) is 14.0. The summed E-state index contributed by atoms with van der Waals surface area (Å²) in [5, 5.41) is 13.1. The van der Waals surface area contributed by atoms with E-state index in [2.05, 4.69) is 43.4 Å². The highest BCUT2D eigenvalue weighted by molar-refractivity contribution is 7.17. The predicted octanol–water partition coefficient (Wildman–Crippen LogP) is 3.49. The summed E-state index contributed by atoms with van der Waals surface area (Å²) in [5.41, 5.74) is 1.05. The Morgan fingerprint density at radius 3 is 2.86 bits per heavy atom. The van der Waals surface area contributed by atoms with Gasteiger partial charge >= 0.3 is 0 Å². The summed E-state index contributed by atoms with van der Waals surface area (Å²) in [7, 11) is 0. The lowest BCUT2D eigenvalue weighted by Crippen LogP contribution is -2.33. The van der Waals surface area contributed by atoms with Crippen molar-refractivity contribution in [1.29, 1.82) is 0 Å². The second-order valence-corrected chi connectivity index (χ2v) is 7.49. The molecule has 7 heteroatoms. The third-order valence-corrected chi connectivity index (χ3v) is 6.28. The van der Waals surface area contributed by atoms with Crippen LogP contribution in [0.4, 0.5) is 5.82 Å². The minimum Gasteiger partial charge on any atom is -0.355 e. The number of thiophene rings is 1. The van der Waals surface area contributed by atoms with Crippen molar-refractivity contribution in [3.05, 3.63) is 27.8 Å². The number of fused-ring (bicyclic) bond motifs is 1. The molecule has 4 heterocycles. The Hall–Kier alpha value is -1.60. The topological polar surface area (TPSA) is 54.8 Å². The Bertz CT molecular complexity index is 773. The number of aromatic nitrogens is 4. The molecule has 0 saturated carbocycles. The van der Waals surface area contributed by atoms with Crippen molar-refractivity contribution < 1.29 is 0 Å². The molecule has 114 valence electrons. The van der Waals surface area contributed by atoms with Crippen LogP contribution in [-0.4, -0.2) is 33.3 Å². The summed E-state index contributed by atoms with van der Waals surface area (Å²) in [6, 6.07) is 2.06. The average Bonchev–Trinajstić information content (AvgIpc) is 3.23. The van der Waals surface area contributed by atoms with Gasteiger partial charge in [0.1, 0.15) is 22.2 Å². The molecular weight excluding hydrogens is 314 g/mol. The maximum Gasteiger partial charge on any atom is 0.150 e. The van der Waals surface area contributed by atoms with Gasteiger partial charge in [-0.05, 0) is 30.7 Å². The van der Waals surface area contributed by atoms with E-state index in [0.29, 0.717) is 5.92 Å². The Morgan fingerprint density at radius 1 is 1.23 bits per heavy atom. The third kappa shape index (κ3) is 2.48. The van der Waals surface area contributed by atoms with Crippen LogP contribution in [0, 0.1) is 0 Å². The molecule has 0 amide bonds. The van der Waals surface area contributed by atoms with Crippen LogP contribution in [0.25, 0.3) is 10.2 Å². The summed E-state index contributed by atoms with van der Waals surface area (Å²) in [6.07, 6.45) is 4.90. The molecule has 0 spiro atoms. The van der Waals surface area contributed by atoms with Gasteiger partial charge in [-0.25, -0.2) is 9.97 Å². The Balaban J connectivity index is 1.51. The second-order valence-electron chi connectivity index (χ2n) is 5.48. The minimum absolute atomic E-state index is 0.551. The van der Waals surface area contributed by atoms with Crippen LogP contribution in [0.5, 0.6) is 0 Å². The van der Waals surface area contributed by atoms with Crippen molar-refractivity contribution in [2.75, 3.05) is 18.0 Å². The van der Waals surface area contributed by atoms with E-state index >= 15 is 0 Å². The van der Waals surface area contributed by atoms with E-state index in [-0.39, 0.29) is 0 Å². The van der Waals surface area contributed by atoms with Gasteiger partial charge in [-0.1, -0.05) is 6.92 Å². The van der Waals surface area contributed by atoms with Gasteiger partial charge in [-0.3, -0.25) is 0 Å². The largest absolute Gasteiger partial charge is 0.355 e. The van der Waals surface area contributed by atoms with Crippen LogP contribution >= 0.6 is 22.7 Å². The number of nitrogens with zero attached hydrogens (tertiary/aromatic N) is 5. The van der Waals surface area contributed by atoms with Gasteiger partial charge in [-0.15, -0.1) is 32.9 Å². The van der Waals surface area contributed by atoms with Crippen molar-refractivity contribution >= 4 is 38.7 Å². The van der Waals surface area contributed by atoms with Gasteiger partial charge in [0.05, 0.1) is 10.2 Å². The van der Waals surface area contributed by atoms with Crippen LogP contribution in [0.3, 0.4) is 0 Å². The van der Waals surface area contributed by atoms with Crippen LogP contribution in [-0.2, 0) is 6.42 Å². The van der Waals surface area contributed by atoms with Crippen LogP contribution in [0.2, 0.25) is 0 Å². The second kappa shape index (κ2) is 5.89. The Labute approximate surface area is 137 Å². The molecule has 1 aliphatic heterocycles. The molecule has 0 aliphatic carbocycles. The van der Waals surface area contributed by atoms with Crippen molar-refractivity contribution in [3.63, 3.8) is 0 Å². The van der Waals surface area contributed by atoms with Gasteiger partial charge in [0, 0.05) is 19.0 Å². The molecule has 0 N–H and O–H groups in total. The SMILES string of the molecule is CCc1nnc(C2CCN(c3ncnc4ccsc34)CC2)s1. The van der Waals surface area contributed by atoms with Gasteiger partial charge in [0.15, 0.2) is 0 Å². The van der Waals surface area contributed by atoms with E-state index in [1.54, 1.807) is 29.0 Å². The first-order valence-corrected chi connectivity index (χ1v) is 9.30. The molecule has 5 nitrogen and oxygen atoms in total. The van der Waals surface area contributed by atoms with Crippen LogP contribution in [0.15, 0.2) is 17.8 Å². The van der Waals surface area contributed by atoms with E-state index < -0.39 is 0 Å². The normalized spacial score (nSPS) is 16.5. The summed E-state index contributed by atoms with van der Waals surface area (Å²) in [5.74, 6) is 1.64. The molecule has 4 rings (SSSR count). The number of anilines is 1. The number of hydrogen-bond donors (Lipinski definition) is 0. The lowest BCUT2D eigenvalue weighted by atomic mass is 9.98. The van der Waals surface area contributed by atoms with E-state index in [1.165, 1.54) is 9.71 Å². The molecule has 1 fully saturated rings. The minimum atomic E-state index is 0.551. The summed E-state index contributed by atoms with van der Waals surface area (Å²) < 4.78 is 1.20. The van der Waals surface area contributed by atoms with Crippen molar-refractivity contribution in [2.45, 2.75) is 32.1 Å². The fourth-order valence-electron chi connectivity index (χ4n) is 2.91. The fraction of sp³-hybridized carbons (Fsp3) is 0.467. The highest BCUT2D eigenvalue weighted by Gasteiger charge is 2.25. The van der Waals surface area contributed by atoms with Crippen LogP contribution in [0.1, 0.15) is 35.7 Å². The standard InChI is InChI=1S/C15H17N5S2/c1-2-12-18-19-15(22-12)10-3-6-20(7-4-10)14-13-11(5-8-21-13)16-9-17-14/h5,8-10H,2-4,6-7H2,1H3. The maximum atomic E-state index is 4.52.